The van der Waals surface area contributed by atoms with Crippen molar-refractivity contribution < 1.29 is 24.2 Å². The Labute approximate surface area is 204 Å². The molecule has 2 aromatic heterocycles. The van der Waals surface area contributed by atoms with Gasteiger partial charge in [-0.15, -0.1) is 21.5 Å². The molecule has 0 unspecified atom stereocenters. The second kappa shape index (κ2) is 11.6. The lowest BCUT2D eigenvalue weighted by Gasteiger charge is -2.17. The molecule has 184 valence electrons. The molecule has 3 rings (SSSR count). The van der Waals surface area contributed by atoms with Crippen LogP contribution in [0, 0.1) is 19.8 Å². The van der Waals surface area contributed by atoms with Gasteiger partial charge >= 0.3 is 0 Å². The summed E-state index contributed by atoms with van der Waals surface area (Å²) in [6, 6.07) is 5.99. The van der Waals surface area contributed by atoms with Crippen LogP contribution in [0.1, 0.15) is 42.3 Å². The van der Waals surface area contributed by atoms with Crippen molar-refractivity contribution in [2.75, 3.05) is 19.8 Å². The van der Waals surface area contributed by atoms with Gasteiger partial charge in [-0.3, -0.25) is 4.79 Å². The molecule has 9 heteroatoms. The Morgan fingerprint density at radius 2 is 1.91 bits per heavy atom. The zero-order chi connectivity index (χ0) is 24.8. The Morgan fingerprint density at radius 3 is 2.59 bits per heavy atom. The average molecular weight is 488 g/mol. The minimum atomic E-state index is -0.896. The molecule has 1 aromatic carbocycles. The Kier molecular flexibility index (Phi) is 8.82. The lowest BCUT2D eigenvalue weighted by molar-refractivity contribution is -0.124. The van der Waals surface area contributed by atoms with Crippen LogP contribution < -0.4 is 10.1 Å². The van der Waals surface area contributed by atoms with Crippen LogP contribution in [0.2, 0.25) is 0 Å². The van der Waals surface area contributed by atoms with Gasteiger partial charge in [-0.1, -0.05) is 20.8 Å². The minimum Gasteiger partial charge on any atom is -0.490 e. The zero-order valence-electron chi connectivity index (χ0n) is 20.3. The topological polar surface area (TPSA) is 118 Å². The van der Waals surface area contributed by atoms with Crippen molar-refractivity contribution in [1.82, 2.24) is 15.5 Å². The van der Waals surface area contributed by atoms with Crippen molar-refractivity contribution in [2.24, 2.45) is 5.92 Å². The van der Waals surface area contributed by atoms with Gasteiger partial charge in [0.05, 0.1) is 4.88 Å². The van der Waals surface area contributed by atoms with Gasteiger partial charge in [0.2, 0.25) is 11.8 Å². The molecule has 1 atom stereocenters. The first kappa shape index (κ1) is 25.9. The number of nitrogens with zero attached hydrogens (tertiary/aromatic N) is 2. The van der Waals surface area contributed by atoms with Gasteiger partial charge in [0.1, 0.15) is 25.1 Å². The second-order valence-corrected chi connectivity index (χ2v) is 9.93. The van der Waals surface area contributed by atoms with E-state index in [2.05, 4.69) is 42.4 Å². The maximum absolute atomic E-state index is 11.1. The van der Waals surface area contributed by atoms with Crippen LogP contribution in [0.15, 0.2) is 22.6 Å². The van der Waals surface area contributed by atoms with E-state index in [-0.39, 0.29) is 13.2 Å². The van der Waals surface area contributed by atoms with E-state index in [1.807, 2.05) is 26.0 Å². The molecule has 34 heavy (non-hydrogen) atoms. The van der Waals surface area contributed by atoms with Crippen LogP contribution in [0.4, 0.5) is 0 Å². The number of carbonyl (C=O) groups is 1. The van der Waals surface area contributed by atoms with E-state index in [9.17, 15) is 9.90 Å². The molecule has 0 aliphatic heterocycles. The van der Waals surface area contributed by atoms with E-state index in [1.54, 1.807) is 11.3 Å². The van der Waals surface area contributed by atoms with Crippen LogP contribution in [-0.2, 0) is 17.6 Å². The number of carbonyl (C=O) groups excluding carboxylic acids is 1. The van der Waals surface area contributed by atoms with Crippen molar-refractivity contribution in [1.29, 1.82) is 0 Å². The summed E-state index contributed by atoms with van der Waals surface area (Å²) in [5.41, 5.74) is 3.89. The molecule has 0 saturated carbocycles. The second-order valence-electron chi connectivity index (χ2n) is 8.79. The van der Waals surface area contributed by atoms with Crippen LogP contribution in [0.3, 0.4) is 0 Å². The molecule has 0 fully saturated rings. The predicted molar refractivity (Wildman–Crippen MR) is 132 cm³/mol. The van der Waals surface area contributed by atoms with E-state index >= 15 is 0 Å². The third kappa shape index (κ3) is 6.43. The Morgan fingerprint density at radius 1 is 1.18 bits per heavy atom. The standard InChI is InChI=1S/C25H33N3O5S/c1-6-17-10-18(8-16(5)23(17)32-13-19(30)11-26-22(31)12-29)24-27-28-25(33-24)21-9-15(4)20(34-21)7-14(2)3/h8-10,14,19,29-30H,6-7,11-13H2,1-5H3,(H,26,31)/t19-/m1/s1. The number of aliphatic hydroxyl groups excluding tert-OH is 2. The van der Waals surface area contributed by atoms with E-state index in [0.717, 1.165) is 28.0 Å². The van der Waals surface area contributed by atoms with E-state index in [4.69, 9.17) is 14.3 Å². The highest BCUT2D eigenvalue weighted by Crippen LogP contribution is 2.35. The van der Waals surface area contributed by atoms with Crippen LogP contribution >= 0.6 is 11.3 Å². The maximum Gasteiger partial charge on any atom is 0.258 e. The van der Waals surface area contributed by atoms with Gasteiger partial charge in [-0.2, -0.15) is 0 Å². The first-order valence-corrected chi connectivity index (χ1v) is 12.3. The number of benzene rings is 1. The number of hydrogen-bond donors (Lipinski definition) is 3. The largest absolute Gasteiger partial charge is 0.490 e. The first-order valence-electron chi connectivity index (χ1n) is 11.5. The number of amides is 1. The third-order valence-electron chi connectivity index (χ3n) is 5.33. The summed E-state index contributed by atoms with van der Waals surface area (Å²) in [5.74, 6) is 1.69. The van der Waals surface area contributed by atoms with Gasteiger partial charge < -0.3 is 24.7 Å². The Balaban J connectivity index is 1.76. The van der Waals surface area contributed by atoms with Gasteiger partial charge in [-0.25, -0.2) is 0 Å². The fourth-order valence-corrected chi connectivity index (χ4v) is 4.91. The van der Waals surface area contributed by atoms with Gasteiger partial charge in [0.15, 0.2) is 0 Å². The fraction of sp³-hybridized carbons (Fsp3) is 0.480. The minimum absolute atomic E-state index is 0.00379. The van der Waals surface area contributed by atoms with Crippen molar-refractivity contribution in [3.05, 3.63) is 39.8 Å². The predicted octanol–water partition coefficient (Wildman–Crippen LogP) is 3.69. The molecule has 3 N–H and O–H groups in total. The zero-order valence-corrected chi connectivity index (χ0v) is 21.2. The quantitative estimate of drug-likeness (QED) is 0.377. The van der Waals surface area contributed by atoms with Crippen molar-refractivity contribution >= 4 is 17.2 Å². The summed E-state index contributed by atoms with van der Waals surface area (Å²) in [6.45, 7) is 9.88. The van der Waals surface area contributed by atoms with Crippen molar-refractivity contribution in [3.8, 4) is 28.0 Å². The smallest absolute Gasteiger partial charge is 0.258 e. The summed E-state index contributed by atoms with van der Waals surface area (Å²) in [7, 11) is 0. The number of nitrogens with one attached hydrogen (secondary N) is 1. The highest BCUT2D eigenvalue weighted by atomic mass is 32.1. The number of rotatable bonds is 11. The van der Waals surface area contributed by atoms with E-state index in [1.165, 1.54) is 10.4 Å². The number of aliphatic hydroxyl groups is 2. The molecule has 0 aliphatic rings. The molecule has 0 saturated heterocycles. The maximum atomic E-state index is 11.1. The van der Waals surface area contributed by atoms with Crippen LogP contribution in [-0.4, -0.2) is 52.2 Å². The number of aryl methyl sites for hydroxylation is 3. The lowest BCUT2D eigenvalue weighted by atomic mass is 10.0. The molecule has 3 aromatic rings. The summed E-state index contributed by atoms with van der Waals surface area (Å²) >= 11 is 1.70. The summed E-state index contributed by atoms with van der Waals surface area (Å²) < 4.78 is 11.9. The molecule has 2 heterocycles. The molecule has 8 nitrogen and oxygen atoms in total. The highest BCUT2D eigenvalue weighted by molar-refractivity contribution is 7.15. The van der Waals surface area contributed by atoms with Crippen molar-refractivity contribution in [3.63, 3.8) is 0 Å². The van der Waals surface area contributed by atoms with Gasteiger partial charge in [0, 0.05) is 17.0 Å². The molecular weight excluding hydrogens is 454 g/mol. The SMILES string of the molecule is CCc1cc(-c2nnc(-c3cc(C)c(CC(C)C)s3)o2)cc(C)c1OC[C@H](O)CNC(=O)CO. The number of ether oxygens (including phenoxy) is 1. The Hall–Kier alpha value is -2.75. The lowest BCUT2D eigenvalue weighted by Crippen LogP contribution is -2.36. The average Bonchev–Trinajstić information content (AvgIpc) is 3.43. The number of hydrogen-bond acceptors (Lipinski definition) is 8. The fourth-order valence-electron chi connectivity index (χ4n) is 3.60. The summed E-state index contributed by atoms with van der Waals surface area (Å²) in [4.78, 5) is 13.5. The van der Waals surface area contributed by atoms with Crippen molar-refractivity contribution in [2.45, 2.75) is 53.6 Å². The normalized spacial score (nSPS) is 12.2. The summed E-state index contributed by atoms with van der Waals surface area (Å²) in [5, 5.41) is 29.8. The van der Waals surface area contributed by atoms with Gasteiger partial charge in [0.25, 0.3) is 5.89 Å². The molecule has 1 amide bonds. The van der Waals surface area contributed by atoms with Crippen LogP contribution in [0.25, 0.3) is 22.2 Å². The molecule has 0 bridgehead atoms. The van der Waals surface area contributed by atoms with Crippen LogP contribution in [0.5, 0.6) is 5.75 Å². The molecular formula is C25H33N3O5S. The highest BCUT2D eigenvalue weighted by Gasteiger charge is 2.18. The Bertz CT molecular complexity index is 1120. The molecule has 0 spiro atoms. The summed E-state index contributed by atoms with van der Waals surface area (Å²) in [6.07, 6.45) is 0.846. The number of thiophene rings is 1. The molecule has 0 radical (unpaired) electrons. The number of aromatic nitrogens is 2. The third-order valence-corrected chi connectivity index (χ3v) is 6.58. The van der Waals surface area contributed by atoms with E-state index in [0.29, 0.717) is 29.9 Å². The monoisotopic (exact) mass is 487 g/mol. The first-order chi connectivity index (χ1) is 16.2. The van der Waals surface area contributed by atoms with Gasteiger partial charge in [-0.05, 0) is 67.5 Å². The van der Waals surface area contributed by atoms with E-state index < -0.39 is 18.6 Å². The molecule has 0 aliphatic carbocycles.